The summed E-state index contributed by atoms with van der Waals surface area (Å²) in [4.78, 5) is 2.60. The summed E-state index contributed by atoms with van der Waals surface area (Å²) < 4.78 is 5.74. The fourth-order valence-corrected chi connectivity index (χ4v) is 2.41. The van der Waals surface area contributed by atoms with Crippen LogP contribution in [0.15, 0.2) is 30.3 Å². The van der Waals surface area contributed by atoms with Gasteiger partial charge in [0.1, 0.15) is 5.75 Å². The lowest BCUT2D eigenvalue weighted by Crippen LogP contribution is -2.38. The molecule has 0 aromatic heterocycles. The first-order valence-electron chi connectivity index (χ1n) is 6.78. The van der Waals surface area contributed by atoms with Gasteiger partial charge in [-0.05, 0) is 51.4 Å². The maximum atomic E-state index is 5.74. The van der Waals surface area contributed by atoms with Crippen molar-refractivity contribution in [3.8, 4) is 5.75 Å². The molecule has 1 aromatic carbocycles. The van der Waals surface area contributed by atoms with Crippen LogP contribution in [0, 0.1) is 0 Å². The maximum Gasteiger partial charge on any atom is 0.119 e. The van der Waals surface area contributed by atoms with Gasteiger partial charge in [-0.2, -0.15) is 0 Å². The molecule has 1 unspecified atom stereocenters. The highest BCUT2D eigenvalue weighted by atomic mass is 16.5. The molecular weight excluding hydrogens is 210 g/mol. The summed E-state index contributed by atoms with van der Waals surface area (Å²) >= 11 is 0. The minimum Gasteiger partial charge on any atom is -0.494 e. The summed E-state index contributed by atoms with van der Waals surface area (Å²) in [5.74, 6) is 0.985. The molecule has 0 spiro atoms. The SMILES string of the molecule is CC(CCOc1ccccc1)N1CCCCC1. The van der Waals surface area contributed by atoms with E-state index in [4.69, 9.17) is 4.74 Å². The Kier molecular flexibility index (Phi) is 4.87. The lowest BCUT2D eigenvalue weighted by Gasteiger charge is -2.32. The lowest BCUT2D eigenvalue weighted by atomic mass is 10.1. The summed E-state index contributed by atoms with van der Waals surface area (Å²) in [5, 5.41) is 0. The molecule has 1 saturated heterocycles. The third kappa shape index (κ3) is 4.04. The number of piperidine rings is 1. The van der Waals surface area contributed by atoms with E-state index in [1.54, 1.807) is 0 Å². The molecule has 0 radical (unpaired) electrons. The summed E-state index contributed by atoms with van der Waals surface area (Å²) in [6.07, 6.45) is 5.26. The molecule has 0 aliphatic carbocycles. The van der Waals surface area contributed by atoms with Gasteiger partial charge in [-0.1, -0.05) is 24.6 Å². The van der Waals surface area contributed by atoms with Crippen LogP contribution in [-0.2, 0) is 0 Å². The summed E-state index contributed by atoms with van der Waals surface area (Å²) in [6.45, 7) is 5.68. The first kappa shape index (κ1) is 12.4. The van der Waals surface area contributed by atoms with E-state index in [1.807, 2.05) is 30.3 Å². The second-order valence-electron chi connectivity index (χ2n) is 4.90. The van der Waals surface area contributed by atoms with Crippen LogP contribution in [0.5, 0.6) is 5.75 Å². The average Bonchev–Trinajstić information content (AvgIpc) is 2.41. The first-order chi connectivity index (χ1) is 8.36. The van der Waals surface area contributed by atoms with Gasteiger partial charge in [0.25, 0.3) is 0 Å². The molecule has 1 aromatic rings. The van der Waals surface area contributed by atoms with Crippen LogP contribution < -0.4 is 4.74 Å². The smallest absolute Gasteiger partial charge is 0.119 e. The van der Waals surface area contributed by atoms with Crippen molar-refractivity contribution < 1.29 is 4.74 Å². The molecule has 0 N–H and O–H groups in total. The van der Waals surface area contributed by atoms with Gasteiger partial charge < -0.3 is 9.64 Å². The number of ether oxygens (including phenoxy) is 1. The molecule has 17 heavy (non-hydrogen) atoms. The fraction of sp³-hybridized carbons (Fsp3) is 0.600. The normalized spacial score (nSPS) is 18.9. The standard InChI is InChI=1S/C15H23NO/c1-14(16-11-6-3-7-12-16)10-13-17-15-8-4-2-5-9-15/h2,4-5,8-9,14H,3,6-7,10-13H2,1H3. The highest BCUT2D eigenvalue weighted by Gasteiger charge is 2.16. The zero-order valence-electron chi connectivity index (χ0n) is 10.8. The second-order valence-corrected chi connectivity index (χ2v) is 4.90. The van der Waals surface area contributed by atoms with Crippen LogP contribution in [0.4, 0.5) is 0 Å². The van der Waals surface area contributed by atoms with E-state index in [9.17, 15) is 0 Å². The molecule has 1 atom stereocenters. The Morgan fingerprint density at radius 2 is 1.82 bits per heavy atom. The molecule has 2 nitrogen and oxygen atoms in total. The van der Waals surface area contributed by atoms with Crippen molar-refractivity contribution in [2.24, 2.45) is 0 Å². The molecule has 2 rings (SSSR count). The number of hydrogen-bond acceptors (Lipinski definition) is 2. The molecule has 1 aliphatic heterocycles. The Hall–Kier alpha value is -1.02. The van der Waals surface area contributed by atoms with Crippen LogP contribution in [0.3, 0.4) is 0 Å². The molecular formula is C15H23NO. The van der Waals surface area contributed by atoms with Crippen LogP contribution >= 0.6 is 0 Å². The van der Waals surface area contributed by atoms with Gasteiger partial charge >= 0.3 is 0 Å². The third-order valence-corrected chi connectivity index (χ3v) is 3.56. The van der Waals surface area contributed by atoms with Gasteiger partial charge in [0.05, 0.1) is 6.61 Å². The van der Waals surface area contributed by atoms with Crippen molar-refractivity contribution in [3.05, 3.63) is 30.3 Å². The molecule has 1 fully saturated rings. The minimum absolute atomic E-state index is 0.652. The Labute approximate surface area is 105 Å². The molecule has 1 heterocycles. The second kappa shape index (κ2) is 6.65. The van der Waals surface area contributed by atoms with E-state index in [2.05, 4.69) is 11.8 Å². The topological polar surface area (TPSA) is 12.5 Å². The largest absolute Gasteiger partial charge is 0.494 e. The van der Waals surface area contributed by atoms with Crippen LogP contribution in [-0.4, -0.2) is 30.6 Å². The van der Waals surface area contributed by atoms with Crippen molar-refractivity contribution in [2.75, 3.05) is 19.7 Å². The molecule has 0 amide bonds. The van der Waals surface area contributed by atoms with Crippen molar-refractivity contribution in [3.63, 3.8) is 0 Å². The number of nitrogens with zero attached hydrogens (tertiary/aromatic N) is 1. The van der Waals surface area contributed by atoms with E-state index < -0.39 is 0 Å². The van der Waals surface area contributed by atoms with Crippen molar-refractivity contribution in [2.45, 2.75) is 38.6 Å². The molecule has 1 aliphatic rings. The van der Waals surface area contributed by atoms with E-state index >= 15 is 0 Å². The van der Waals surface area contributed by atoms with Crippen molar-refractivity contribution in [1.82, 2.24) is 4.90 Å². The Balaban J connectivity index is 1.67. The van der Waals surface area contributed by atoms with Gasteiger partial charge in [-0.25, -0.2) is 0 Å². The van der Waals surface area contributed by atoms with Crippen LogP contribution in [0.2, 0.25) is 0 Å². The Morgan fingerprint density at radius 1 is 1.12 bits per heavy atom. The van der Waals surface area contributed by atoms with Gasteiger partial charge in [0.15, 0.2) is 0 Å². The Morgan fingerprint density at radius 3 is 2.53 bits per heavy atom. The molecule has 2 heteroatoms. The van der Waals surface area contributed by atoms with Gasteiger partial charge in [-0.3, -0.25) is 0 Å². The van der Waals surface area contributed by atoms with Crippen molar-refractivity contribution >= 4 is 0 Å². The van der Waals surface area contributed by atoms with E-state index in [0.29, 0.717) is 6.04 Å². The maximum absolute atomic E-state index is 5.74. The highest BCUT2D eigenvalue weighted by molar-refractivity contribution is 5.20. The van der Waals surface area contributed by atoms with Crippen LogP contribution in [0.25, 0.3) is 0 Å². The highest BCUT2D eigenvalue weighted by Crippen LogP contribution is 2.15. The van der Waals surface area contributed by atoms with E-state index in [-0.39, 0.29) is 0 Å². The number of rotatable bonds is 5. The fourth-order valence-electron chi connectivity index (χ4n) is 2.41. The van der Waals surface area contributed by atoms with Gasteiger partial charge in [-0.15, -0.1) is 0 Å². The van der Waals surface area contributed by atoms with Crippen LogP contribution in [0.1, 0.15) is 32.6 Å². The van der Waals surface area contributed by atoms with Crippen molar-refractivity contribution in [1.29, 1.82) is 0 Å². The quantitative estimate of drug-likeness (QED) is 0.773. The molecule has 94 valence electrons. The Bertz CT molecular complexity index is 306. The predicted molar refractivity (Wildman–Crippen MR) is 71.4 cm³/mol. The minimum atomic E-state index is 0.652. The summed E-state index contributed by atoms with van der Waals surface area (Å²) in [5.41, 5.74) is 0. The zero-order valence-corrected chi connectivity index (χ0v) is 10.8. The van der Waals surface area contributed by atoms with E-state index in [0.717, 1.165) is 18.8 Å². The number of para-hydroxylation sites is 1. The zero-order chi connectivity index (χ0) is 11.9. The number of likely N-dealkylation sites (tertiary alicyclic amines) is 1. The summed E-state index contributed by atoms with van der Waals surface area (Å²) in [6, 6.07) is 10.7. The number of hydrogen-bond donors (Lipinski definition) is 0. The lowest BCUT2D eigenvalue weighted by molar-refractivity contribution is 0.149. The third-order valence-electron chi connectivity index (χ3n) is 3.56. The predicted octanol–water partition coefficient (Wildman–Crippen LogP) is 3.33. The molecule has 0 bridgehead atoms. The molecule has 0 saturated carbocycles. The van der Waals surface area contributed by atoms with Gasteiger partial charge in [0.2, 0.25) is 0 Å². The average molecular weight is 233 g/mol. The number of benzene rings is 1. The monoisotopic (exact) mass is 233 g/mol. The van der Waals surface area contributed by atoms with Gasteiger partial charge in [0, 0.05) is 6.04 Å². The van der Waals surface area contributed by atoms with E-state index in [1.165, 1.54) is 32.4 Å². The summed E-state index contributed by atoms with van der Waals surface area (Å²) in [7, 11) is 0. The first-order valence-corrected chi connectivity index (χ1v) is 6.78.